The third-order valence-electron chi connectivity index (χ3n) is 1.57. The third-order valence-corrected chi connectivity index (χ3v) is 3.96. The number of carbonyl (C=O) groups is 1. The van der Waals surface area contributed by atoms with Crippen molar-refractivity contribution in [1.29, 1.82) is 0 Å². The van der Waals surface area contributed by atoms with Crippen LogP contribution in [-0.4, -0.2) is 32.0 Å². The van der Waals surface area contributed by atoms with Crippen molar-refractivity contribution in [3.63, 3.8) is 0 Å². The summed E-state index contributed by atoms with van der Waals surface area (Å²) in [5.74, 6) is -0.449. The van der Waals surface area contributed by atoms with Gasteiger partial charge < -0.3 is 9.26 Å². The molecule has 1 aliphatic heterocycles. The number of esters is 1. The maximum Gasteiger partial charge on any atom is 0.315 e. The minimum absolute atomic E-state index is 0.0660. The standard InChI is InChI=1S/C6H11O4P/c1-9-6(7)5-11(8)4-2-3-10-11/h2-5H2,1H3. The molecule has 1 atom stereocenters. The van der Waals surface area contributed by atoms with Crippen LogP contribution in [0.3, 0.4) is 0 Å². The molecule has 1 heterocycles. The molecule has 0 aromatic carbocycles. The Bertz CT molecular complexity index is 191. The fraction of sp³-hybridized carbons (Fsp3) is 0.833. The van der Waals surface area contributed by atoms with E-state index >= 15 is 0 Å². The maximum atomic E-state index is 11.5. The Kier molecular flexibility index (Phi) is 2.68. The molecule has 1 rings (SSSR count). The second-order valence-corrected chi connectivity index (χ2v) is 5.11. The molecule has 0 N–H and O–H groups in total. The minimum Gasteiger partial charge on any atom is -0.469 e. The van der Waals surface area contributed by atoms with Gasteiger partial charge in [0.25, 0.3) is 0 Å². The van der Waals surface area contributed by atoms with Crippen molar-refractivity contribution in [1.82, 2.24) is 0 Å². The molecule has 0 spiro atoms. The molecule has 1 unspecified atom stereocenters. The first-order chi connectivity index (χ1) is 5.16. The fourth-order valence-electron chi connectivity index (χ4n) is 0.987. The molecule has 1 aliphatic rings. The van der Waals surface area contributed by atoms with E-state index < -0.39 is 13.3 Å². The van der Waals surface area contributed by atoms with Gasteiger partial charge in [0.1, 0.15) is 6.16 Å². The zero-order chi connectivity index (χ0) is 8.32. The topological polar surface area (TPSA) is 52.6 Å². The average Bonchev–Trinajstić information content (AvgIpc) is 2.36. The molecule has 0 aliphatic carbocycles. The van der Waals surface area contributed by atoms with Crippen LogP contribution in [0.5, 0.6) is 0 Å². The molecular weight excluding hydrogens is 167 g/mol. The van der Waals surface area contributed by atoms with Crippen LogP contribution < -0.4 is 0 Å². The molecular formula is C6H11O4P. The molecule has 64 valence electrons. The highest BCUT2D eigenvalue weighted by Gasteiger charge is 2.31. The highest BCUT2D eigenvalue weighted by atomic mass is 31.2. The van der Waals surface area contributed by atoms with E-state index in [1.54, 1.807) is 0 Å². The molecule has 0 bridgehead atoms. The Labute approximate surface area is 65.3 Å². The molecule has 0 saturated carbocycles. The van der Waals surface area contributed by atoms with Crippen molar-refractivity contribution in [2.75, 3.05) is 26.0 Å². The van der Waals surface area contributed by atoms with Crippen LogP contribution in [0.2, 0.25) is 0 Å². The van der Waals surface area contributed by atoms with Gasteiger partial charge in [-0.05, 0) is 6.42 Å². The molecule has 0 aromatic rings. The molecule has 0 aromatic heterocycles. The number of rotatable bonds is 2. The summed E-state index contributed by atoms with van der Waals surface area (Å²) in [7, 11) is -1.33. The number of methoxy groups -OCH3 is 1. The SMILES string of the molecule is COC(=O)CP1(=O)CCCO1. The van der Waals surface area contributed by atoms with Gasteiger partial charge >= 0.3 is 5.97 Å². The van der Waals surface area contributed by atoms with Crippen molar-refractivity contribution < 1.29 is 18.6 Å². The zero-order valence-electron chi connectivity index (χ0n) is 6.41. The highest BCUT2D eigenvalue weighted by Crippen LogP contribution is 2.51. The summed E-state index contributed by atoms with van der Waals surface area (Å²) >= 11 is 0. The van der Waals surface area contributed by atoms with Crippen molar-refractivity contribution in [3.05, 3.63) is 0 Å². The Morgan fingerprint density at radius 1 is 1.73 bits per heavy atom. The van der Waals surface area contributed by atoms with E-state index in [1.807, 2.05) is 0 Å². The maximum absolute atomic E-state index is 11.5. The van der Waals surface area contributed by atoms with Crippen LogP contribution in [-0.2, 0) is 18.6 Å². The van der Waals surface area contributed by atoms with E-state index in [4.69, 9.17) is 4.52 Å². The first-order valence-electron chi connectivity index (χ1n) is 3.46. The van der Waals surface area contributed by atoms with E-state index in [0.29, 0.717) is 12.8 Å². The van der Waals surface area contributed by atoms with E-state index in [1.165, 1.54) is 7.11 Å². The summed E-state index contributed by atoms with van der Waals surface area (Å²) < 4.78 is 20.8. The first kappa shape index (κ1) is 8.75. The second kappa shape index (κ2) is 3.37. The van der Waals surface area contributed by atoms with Crippen LogP contribution in [0.25, 0.3) is 0 Å². The number of ether oxygens (including phenoxy) is 1. The Balaban J connectivity index is 2.47. The summed E-state index contributed by atoms with van der Waals surface area (Å²) in [6.45, 7) is 0.508. The number of carbonyl (C=O) groups excluding carboxylic acids is 1. The first-order valence-corrected chi connectivity index (χ1v) is 5.45. The second-order valence-electron chi connectivity index (χ2n) is 2.46. The van der Waals surface area contributed by atoms with E-state index in [9.17, 15) is 9.36 Å². The fourth-order valence-corrected chi connectivity index (χ4v) is 2.96. The van der Waals surface area contributed by atoms with Gasteiger partial charge in [-0.15, -0.1) is 0 Å². The lowest BCUT2D eigenvalue weighted by Crippen LogP contribution is -2.07. The minimum atomic E-state index is -2.62. The lowest BCUT2D eigenvalue weighted by atomic mass is 10.5. The summed E-state index contributed by atoms with van der Waals surface area (Å²) in [5.41, 5.74) is 0. The zero-order valence-corrected chi connectivity index (χ0v) is 7.30. The summed E-state index contributed by atoms with van der Waals surface area (Å²) in [4.78, 5) is 10.7. The molecule has 1 saturated heterocycles. The van der Waals surface area contributed by atoms with Gasteiger partial charge in [0.2, 0.25) is 7.37 Å². The Morgan fingerprint density at radius 3 is 2.91 bits per heavy atom. The van der Waals surface area contributed by atoms with Gasteiger partial charge in [0, 0.05) is 6.16 Å². The van der Waals surface area contributed by atoms with Crippen molar-refractivity contribution >= 4 is 13.3 Å². The van der Waals surface area contributed by atoms with Crippen LogP contribution >= 0.6 is 7.37 Å². The van der Waals surface area contributed by atoms with E-state index in [-0.39, 0.29) is 6.16 Å². The van der Waals surface area contributed by atoms with Crippen LogP contribution in [0, 0.1) is 0 Å². The number of hydrogen-bond acceptors (Lipinski definition) is 4. The van der Waals surface area contributed by atoms with Crippen molar-refractivity contribution in [2.45, 2.75) is 6.42 Å². The van der Waals surface area contributed by atoms with Gasteiger partial charge in [-0.25, -0.2) is 0 Å². The number of hydrogen-bond donors (Lipinski definition) is 0. The lowest BCUT2D eigenvalue weighted by molar-refractivity contribution is -0.137. The molecule has 0 radical (unpaired) electrons. The monoisotopic (exact) mass is 178 g/mol. The molecule has 1 fully saturated rings. The third kappa shape index (κ3) is 2.31. The predicted octanol–water partition coefficient (Wildman–Crippen LogP) is 0.858. The Hall–Kier alpha value is -0.340. The van der Waals surface area contributed by atoms with E-state index in [0.717, 1.165) is 6.42 Å². The van der Waals surface area contributed by atoms with Crippen LogP contribution in [0.15, 0.2) is 0 Å². The van der Waals surface area contributed by atoms with Gasteiger partial charge in [-0.2, -0.15) is 0 Å². The largest absolute Gasteiger partial charge is 0.469 e. The Morgan fingerprint density at radius 2 is 2.45 bits per heavy atom. The lowest BCUT2D eigenvalue weighted by Gasteiger charge is -2.07. The van der Waals surface area contributed by atoms with Crippen LogP contribution in [0.1, 0.15) is 6.42 Å². The quantitative estimate of drug-likeness (QED) is 0.464. The van der Waals surface area contributed by atoms with Gasteiger partial charge in [-0.3, -0.25) is 9.36 Å². The van der Waals surface area contributed by atoms with Crippen molar-refractivity contribution in [2.24, 2.45) is 0 Å². The highest BCUT2D eigenvalue weighted by molar-refractivity contribution is 7.60. The van der Waals surface area contributed by atoms with E-state index in [2.05, 4.69) is 4.74 Å². The summed E-state index contributed by atoms with van der Waals surface area (Å²) in [6, 6.07) is 0. The van der Waals surface area contributed by atoms with Gasteiger partial charge in [0.15, 0.2) is 0 Å². The average molecular weight is 178 g/mol. The predicted molar refractivity (Wildman–Crippen MR) is 39.9 cm³/mol. The van der Waals surface area contributed by atoms with Gasteiger partial charge in [0.05, 0.1) is 13.7 Å². The van der Waals surface area contributed by atoms with Gasteiger partial charge in [-0.1, -0.05) is 0 Å². The molecule has 5 heteroatoms. The molecule has 0 amide bonds. The normalized spacial score (nSPS) is 30.3. The summed E-state index contributed by atoms with van der Waals surface area (Å²) in [6.07, 6.45) is 1.24. The van der Waals surface area contributed by atoms with Crippen molar-refractivity contribution in [3.8, 4) is 0 Å². The molecule has 11 heavy (non-hydrogen) atoms. The molecule has 4 nitrogen and oxygen atoms in total. The smallest absolute Gasteiger partial charge is 0.315 e. The van der Waals surface area contributed by atoms with Crippen LogP contribution in [0.4, 0.5) is 0 Å². The summed E-state index contributed by atoms with van der Waals surface area (Å²) in [5, 5.41) is 0.